The zero-order chi connectivity index (χ0) is 14.4. The van der Waals surface area contributed by atoms with E-state index in [1.807, 2.05) is 0 Å². The highest BCUT2D eigenvalue weighted by Crippen LogP contribution is 2.25. The number of carbonyl (C=O) groups is 1. The number of nitrogens with two attached hydrogens (primary N) is 1. The summed E-state index contributed by atoms with van der Waals surface area (Å²) in [5, 5.41) is 2.48. The van der Waals surface area contributed by atoms with Crippen LogP contribution in [0.5, 0.6) is 0 Å². The fourth-order valence-electron chi connectivity index (χ4n) is 2.50. The number of rotatable bonds is 5. The fraction of sp³-hybridized carbons (Fsp3) is 0.533. The quantitative estimate of drug-likeness (QED) is 0.870. The Bertz CT molecular complexity index is 459. The fourth-order valence-corrected chi connectivity index (χ4v) is 2.50. The van der Waals surface area contributed by atoms with Crippen LogP contribution >= 0.6 is 0 Å². The largest absolute Gasteiger partial charge is 0.370 e. The molecular weight excluding hydrogens is 259 g/mol. The summed E-state index contributed by atoms with van der Waals surface area (Å²) in [6, 6.07) is 6.05. The lowest BCUT2D eigenvalue weighted by molar-refractivity contribution is -0.121. The van der Waals surface area contributed by atoms with Crippen molar-refractivity contribution < 1.29 is 13.9 Å². The molecule has 4 nitrogen and oxygen atoms in total. The Morgan fingerprint density at radius 1 is 1.30 bits per heavy atom. The van der Waals surface area contributed by atoms with E-state index in [-0.39, 0.29) is 23.7 Å². The van der Waals surface area contributed by atoms with E-state index < -0.39 is 5.82 Å². The van der Waals surface area contributed by atoms with E-state index in [4.69, 9.17) is 10.5 Å². The predicted octanol–water partition coefficient (Wildman–Crippen LogP) is 2.44. The van der Waals surface area contributed by atoms with Crippen LogP contribution in [0.25, 0.3) is 0 Å². The molecule has 3 N–H and O–H groups in total. The van der Waals surface area contributed by atoms with Gasteiger partial charge in [-0.15, -0.1) is 0 Å². The highest BCUT2D eigenvalue weighted by molar-refractivity contribution is 5.91. The van der Waals surface area contributed by atoms with Crippen molar-refractivity contribution in [3.05, 3.63) is 30.1 Å². The first-order valence-electron chi connectivity index (χ1n) is 7.00. The van der Waals surface area contributed by atoms with E-state index in [0.29, 0.717) is 6.61 Å². The Morgan fingerprint density at radius 3 is 2.70 bits per heavy atom. The minimum Gasteiger partial charge on any atom is -0.370 e. The number of amides is 1. The van der Waals surface area contributed by atoms with Crippen molar-refractivity contribution in [2.75, 3.05) is 18.5 Å². The van der Waals surface area contributed by atoms with Crippen molar-refractivity contribution in [2.24, 2.45) is 5.73 Å². The molecule has 1 fully saturated rings. The number of hydrogen-bond donors (Lipinski definition) is 2. The third-order valence-corrected chi connectivity index (χ3v) is 3.62. The van der Waals surface area contributed by atoms with Crippen LogP contribution in [0.2, 0.25) is 0 Å². The van der Waals surface area contributed by atoms with Crippen molar-refractivity contribution in [3.63, 3.8) is 0 Å². The molecule has 1 saturated carbocycles. The van der Waals surface area contributed by atoms with Crippen LogP contribution in [0, 0.1) is 5.82 Å². The third-order valence-electron chi connectivity index (χ3n) is 3.62. The lowest BCUT2D eigenvalue weighted by atomic mass is 9.83. The van der Waals surface area contributed by atoms with Gasteiger partial charge in [0, 0.05) is 5.54 Å². The molecular formula is C15H21FN2O2. The summed E-state index contributed by atoms with van der Waals surface area (Å²) in [5.74, 6) is -0.821. The van der Waals surface area contributed by atoms with Crippen molar-refractivity contribution in [2.45, 2.75) is 37.6 Å². The van der Waals surface area contributed by atoms with Gasteiger partial charge in [0.2, 0.25) is 5.91 Å². The van der Waals surface area contributed by atoms with Crippen molar-refractivity contribution in [3.8, 4) is 0 Å². The number of anilines is 1. The lowest BCUT2D eigenvalue weighted by Crippen LogP contribution is -2.46. The minimum atomic E-state index is -0.455. The highest BCUT2D eigenvalue weighted by Gasteiger charge is 2.27. The molecule has 0 saturated heterocycles. The van der Waals surface area contributed by atoms with Crippen molar-refractivity contribution in [1.29, 1.82) is 0 Å². The van der Waals surface area contributed by atoms with E-state index in [0.717, 1.165) is 25.7 Å². The van der Waals surface area contributed by atoms with Gasteiger partial charge in [-0.05, 0) is 25.0 Å². The molecule has 1 aliphatic carbocycles. The number of nitrogens with one attached hydrogen (secondary N) is 1. The van der Waals surface area contributed by atoms with Crippen LogP contribution < -0.4 is 11.1 Å². The van der Waals surface area contributed by atoms with Gasteiger partial charge in [-0.25, -0.2) is 4.39 Å². The van der Waals surface area contributed by atoms with Gasteiger partial charge in [-0.1, -0.05) is 31.4 Å². The number of halogens is 1. The molecule has 110 valence electrons. The normalized spacial score (nSPS) is 17.7. The summed E-state index contributed by atoms with van der Waals surface area (Å²) in [6.07, 6.45) is 5.30. The molecule has 0 heterocycles. The zero-order valence-corrected chi connectivity index (χ0v) is 11.5. The van der Waals surface area contributed by atoms with E-state index in [9.17, 15) is 9.18 Å². The third kappa shape index (κ3) is 4.28. The topological polar surface area (TPSA) is 64.3 Å². The second kappa shape index (κ2) is 6.81. The van der Waals surface area contributed by atoms with Crippen LogP contribution in [-0.2, 0) is 9.53 Å². The van der Waals surface area contributed by atoms with Crippen LogP contribution in [0.4, 0.5) is 10.1 Å². The van der Waals surface area contributed by atoms with E-state index in [1.54, 1.807) is 12.1 Å². The molecule has 2 rings (SSSR count). The summed E-state index contributed by atoms with van der Waals surface area (Å²) < 4.78 is 18.7. The molecule has 0 spiro atoms. The SMILES string of the molecule is NC1(COCC(=O)Nc2ccccc2F)CCCCC1. The van der Waals surface area contributed by atoms with Crippen LogP contribution in [-0.4, -0.2) is 24.7 Å². The van der Waals surface area contributed by atoms with E-state index in [2.05, 4.69) is 5.32 Å². The van der Waals surface area contributed by atoms with Gasteiger partial charge < -0.3 is 15.8 Å². The van der Waals surface area contributed by atoms with E-state index in [1.165, 1.54) is 18.6 Å². The molecule has 1 aromatic carbocycles. The number of para-hydroxylation sites is 1. The molecule has 0 aliphatic heterocycles. The van der Waals surface area contributed by atoms with Gasteiger partial charge in [-0.2, -0.15) is 0 Å². The number of ether oxygens (including phenoxy) is 1. The second-order valence-electron chi connectivity index (χ2n) is 5.44. The highest BCUT2D eigenvalue weighted by atomic mass is 19.1. The Morgan fingerprint density at radius 2 is 2.00 bits per heavy atom. The van der Waals surface area contributed by atoms with Gasteiger partial charge in [-0.3, -0.25) is 4.79 Å². The maximum atomic E-state index is 13.3. The van der Waals surface area contributed by atoms with Gasteiger partial charge in [0.1, 0.15) is 12.4 Å². The molecule has 0 bridgehead atoms. The lowest BCUT2D eigenvalue weighted by Gasteiger charge is -2.32. The minimum absolute atomic E-state index is 0.104. The van der Waals surface area contributed by atoms with Gasteiger partial charge in [0.15, 0.2) is 0 Å². The second-order valence-corrected chi connectivity index (χ2v) is 5.44. The van der Waals surface area contributed by atoms with Gasteiger partial charge in [0.05, 0.1) is 12.3 Å². The molecule has 1 aliphatic rings. The number of benzene rings is 1. The maximum absolute atomic E-state index is 13.3. The maximum Gasteiger partial charge on any atom is 0.250 e. The monoisotopic (exact) mass is 280 g/mol. The summed E-state index contributed by atoms with van der Waals surface area (Å²) >= 11 is 0. The molecule has 20 heavy (non-hydrogen) atoms. The first kappa shape index (κ1) is 14.9. The molecule has 1 aromatic rings. The summed E-state index contributed by atoms with van der Waals surface area (Å²) in [7, 11) is 0. The Labute approximate surface area is 118 Å². The average molecular weight is 280 g/mol. The molecule has 0 radical (unpaired) electrons. The summed E-state index contributed by atoms with van der Waals surface area (Å²) in [6.45, 7) is 0.269. The first-order chi connectivity index (χ1) is 9.59. The van der Waals surface area contributed by atoms with Crippen molar-refractivity contribution >= 4 is 11.6 Å². The van der Waals surface area contributed by atoms with Gasteiger partial charge in [0.25, 0.3) is 0 Å². The van der Waals surface area contributed by atoms with Crippen molar-refractivity contribution in [1.82, 2.24) is 0 Å². The van der Waals surface area contributed by atoms with Crippen LogP contribution in [0.1, 0.15) is 32.1 Å². The summed E-state index contributed by atoms with van der Waals surface area (Å²) in [5.41, 5.74) is 6.06. The molecule has 0 unspecified atom stereocenters. The van der Waals surface area contributed by atoms with Crippen LogP contribution in [0.15, 0.2) is 24.3 Å². The Hall–Kier alpha value is -1.46. The smallest absolute Gasteiger partial charge is 0.250 e. The summed E-state index contributed by atoms with van der Waals surface area (Å²) in [4.78, 5) is 11.7. The Kier molecular flexibility index (Phi) is 5.09. The Balaban J connectivity index is 1.74. The molecule has 1 amide bonds. The standard InChI is InChI=1S/C15H21FN2O2/c16-12-6-2-3-7-13(12)18-14(19)10-20-11-15(17)8-4-1-5-9-15/h2-3,6-7H,1,4-5,8-11,17H2,(H,18,19). The predicted molar refractivity (Wildman–Crippen MR) is 75.9 cm³/mol. The first-order valence-corrected chi connectivity index (χ1v) is 7.00. The number of hydrogen-bond acceptors (Lipinski definition) is 3. The van der Waals surface area contributed by atoms with E-state index >= 15 is 0 Å². The van der Waals surface area contributed by atoms with Crippen LogP contribution in [0.3, 0.4) is 0 Å². The molecule has 0 aromatic heterocycles. The molecule has 5 heteroatoms. The average Bonchev–Trinajstić information content (AvgIpc) is 2.42. The number of carbonyl (C=O) groups excluding carboxylic acids is 1. The van der Waals surface area contributed by atoms with Gasteiger partial charge >= 0.3 is 0 Å². The zero-order valence-electron chi connectivity index (χ0n) is 11.5. The molecule has 0 atom stereocenters.